The molecular weight excluding hydrogens is 204 g/mol. The largest absolute Gasteiger partial charge is 0.368 e. The third-order valence-electron chi connectivity index (χ3n) is 2.52. The van der Waals surface area contributed by atoms with Gasteiger partial charge in [-0.15, -0.1) is 0 Å². The van der Waals surface area contributed by atoms with Crippen molar-refractivity contribution in [2.45, 2.75) is 31.2 Å². The summed E-state index contributed by atoms with van der Waals surface area (Å²) in [7, 11) is 3.41. The quantitative estimate of drug-likeness (QED) is 0.417. The second-order valence-corrected chi connectivity index (χ2v) is 5.82. The fourth-order valence-electron chi connectivity index (χ4n) is 1.72. The van der Waals surface area contributed by atoms with E-state index >= 15 is 0 Å². The second-order valence-electron chi connectivity index (χ2n) is 3.26. The fraction of sp³-hybridized carbons (Fsp3) is 0.875. The van der Waals surface area contributed by atoms with E-state index < -0.39 is 5.54 Å². The zero-order chi connectivity index (χ0) is 9.73. The molecule has 0 saturated heterocycles. The summed E-state index contributed by atoms with van der Waals surface area (Å²) >= 11 is 0. The van der Waals surface area contributed by atoms with Gasteiger partial charge in [-0.2, -0.15) is 0 Å². The van der Waals surface area contributed by atoms with Gasteiger partial charge in [-0.05, 0) is 19.1 Å². The van der Waals surface area contributed by atoms with Crippen LogP contribution in [0.25, 0.3) is 0 Å². The lowest BCUT2D eigenvalue weighted by atomic mass is 9.97. The Morgan fingerprint density at radius 1 is 1.54 bits per heavy atom. The number of carbonyl (C=O) groups excluding carboxylic acids is 1. The average Bonchev–Trinajstić information content (AvgIpc) is 2.55. The van der Waals surface area contributed by atoms with Gasteiger partial charge in [-0.25, -0.2) is 0 Å². The molecule has 1 saturated carbocycles. The lowest BCUT2D eigenvalue weighted by Gasteiger charge is -2.26. The number of carbonyl (C=O) groups is 1. The summed E-state index contributed by atoms with van der Waals surface area (Å²) < 4.78 is 0. The number of amides is 1. The van der Waals surface area contributed by atoms with Crippen LogP contribution in [-0.4, -0.2) is 23.6 Å². The summed E-state index contributed by atoms with van der Waals surface area (Å²) in [5, 5.41) is 3.26. The zero-order valence-electron chi connectivity index (χ0n) is 7.84. The SMILES string of the molecule is CSSCNC1(C(N)=O)CCCC1. The summed E-state index contributed by atoms with van der Waals surface area (Å²) in [6, 6.07) is 0. The first-order chi connectivity index (χ1) is 6.21. The molecule has 0 bridgehead atoms. The molecule has 0 aromatic heterocycles. The molecule has 13 heavy (non-hydrogen) atoms. The van der Waals surface area contributed by atoms with E-state index in [0.29, 0.717) is 0 Å². The fourth-order valence-corrected chi connectivity index (χ4v) is 2.70. The minimum atomic E-state index is -0.400. The van der Waals surface area contributed by atoms with Gasteiger partial charge in [0, 0.05) is 0 Å². The maximum absolute atomic E-state index is 11.3. The first-order valence-corrected chi connectivity index (χ1v) is 7.14. The molecule has 0 aromatic carbocycles. The van der Waals surface area contributed by atoms with Crippen molar-refractivity contribution in [2.75, 3.05) is 12.1 Å². The van der Waals surface area contributed by atoms with E-state index in [0.717, 1.165) is 31.6 Å². The minimum Gasteiger partial charge on any atom is -0.368 e. The van der Waals surface area contributed by atoms with Crippen molar-refractivity contribution >= 4 is 27.5 Å². The topological polar surface area (TPSA) is 55.1 Å². The van der Waals surface area contributed by atoms with Gasteiger partial charge in [0.2, 0.25) is 5.91 Å². The number of hydrogen-bond acceptors (Lipinski definition) is 4. The summed E-state index contributed by atoms with van der Waals surface area (Å²) in [6.45, 7) is 0. The highest BCUT2D eigenvalue weighted by molar-refractivity contribution is 8.76. The Hall–Kier alpha value is 0.130. The highest BCUT2D eigenvalue weighted by atomic mass is 33.1. The Morgan fingerprint density at radius 3 is 2.62 bits per heavy atom. The second kappa shape index (κ2) is 5.12. The van der Waals surface area contributed by atoms with Crippen LogP contribution >= 0.6 is 21.6 Å². The molecule has 3 nitrogen and oxygen atoms in total. The van der Waals surface area contributed by atoms with Crippen LogP contribution in [0.5, 0.6) is 0 Å². The first kappa shape index (κ1) is 11.2. The van der Waals surface area contributed by atoms with Crippen LogP contribution in [0.15, 0.2) is 0 Å². The van der Waals surface area contributed by atoms with Crippen LogP contribution in [0.1, 0.15) is 25.7 Å². The summed E-state index contributed by atoms with van der Waals surface area (Å²) in [5.74, 6) is 0.608. The Balaban J connectivity index is 2.43. The van der Waals surface area contributed by atoms with Crippen LogP contribution in [0, 0.1) is 0 Å². The van der Waals surface area contributed by atoms with Crippen LogP contribution in [0.4, 0.5) is 0 Å². The summed E-state index contributed by atoms with van der Waals surface area (Å²) in [4.78, 5) is 11.3. The molecule has 1 rings (SSSR count). The van der Waals surface area contributed by atoms with Crippen LogP contribution in [0.3, 0.4) is 0 Å². The van der Waals surface area contributed by atoms with E-state index in [-0.39, 0.29) is 5.91 Å². The van der Waals surface area contributed by atoms with Gasteiger partial charge in [0.1, 0.15) is 0 Å². The third-order valence-corrected chi connectivity index (χ3v) is 4.07. The lowest BCUT2D eigenvalue weighted by molar-refractivity contribution is -0.124. The lowest BCUT2D eigenvalue weighted by Crippen LogP contribution is -2.53. The molecule has 1 amide bonds. The maximum Gasteiger partial charge on any atom is 0.237 e. The van der Waals surface area contributed by atoms with Gasteiger partial charge in [0.15, 0.2) is 0 Å². The monoisotopic (exact) mass is 220 g/mol. The number of primary amides is 1. The first-order valence-electron chi connectivity index (χ1n) is 4.42. The van der Waals surface area contributed by atoms with Gasteiger partial charge >= 0.3 is 0 Å². The zero-order valence-corrected chi connectivity index (χ0v) is 9.47. The van der Waals surface area contributed by atoms with Crippen molar-refractivity contribution in [3.8, 4) is 0 Å². The molecule has 1 aliphatic rings. The molecule has 0 atom stereocenters. The van der Waals surface area contributed by atoms with E-state index in [9.17, 15) is 4.79 Å². The van der Waals surface area contributed by atoms with Crippen LogP contribution in [0.2, 0.25) is 0 Å². The van der Waals surface area contributed by atoms with E-state index in [1.807, 2.05) is 6.26 Å². The molecule has 0 spiro atoms. The predicted octanol–water partition coefficient (Wildman–Crippen LogP) is 1.34. The maximum atomic E-state index is 11.3. The third kappa shape index (κ3) is 2.79. The number of rotatable bonds is 5. The summed E-state index contributed by atoms with van der Waals surface area (Å²) in [5.41, 5.74) is 5.00. The van der Waals surface area contributed by atoms with Gasteiger partial charge in [0.25, 0.3) is 0 Å². The standard InChI is InChI=1S/C8H16N2OS2/c1-12-13-6-10-8(7(9)11)4-2-3-5-8/h10H,2-6H2,1H3,(H2,9,11). The Morgan fingerprint density at radius 2 is 2.15 bits per heavy atom. The van der Waals surface area contributed by atoms with Crippen LogP contribution in [-0.2, 0) is 4.79 Å². The minimum absolute atomic E-state index is 0.188. The Kier molecular flexibility index (Phi) is 4.41. The molecule has 3 N–H and O–H groups in total. The van der Waals surface area contributed by atoms with E-state index in [2.05, 4.69) is 5.32 Å². The van der Waals surface area contributed by atoms with Crippen molar-refractivity contribution in [1.29, 1.82) is 0 Å². The van der Waals surface area contributed by atoms with Gasteiger partial charge in [-0.3, -0.25) is 10.1 Å². The highest BCUT2D eigenvalue weighted by Gasteiger charge is 2.38. The van der Waals surface area contributed by atoms with Crippen molar-refractivity contribution in [3.05, 3.63) is 0 Å². The molecule has 1 aliphatic carbocycles. The van der Waals surface area contributed by atoms with Crippen molar-refractivity contribution in [2.24, 2.45) is 5.73 Å². The molecule has 0 aliphatic heterocycles. The normalized spacial score (nSPS) is 20.4. The Labute approximate surface area is 87.0 Å². The van der Waals surface area contributed by atoms with E-state index in [1.54, 1.807) is 21.6 Å². The number of nitrogens with one attached hydrogen (secondary N) is 1. The van der Waals surface area contributed by atoms with Crippen molar-refractivity contribution in [1.82, 2.24) is 5.32 Å². The summed E-state index contributed by atoms with van der Waals surface area (Å²) in [6.07, 6.45) is 6.05. The number of nitrogens with two attached hydrogens (primary N) is 1. The molecule has 76 valence electrons. The Bertz CT molecular complexity index is 181. The average molecular weight is 220 g/mol. The molecule has 0 heterocycles. The van der Waals surface area contributed by atoms with E-state index in [4.69, 9.17) is 5.73 Å². The molecule has 0 radical (unpaired) electrons. The molecule has 1 fully saturated rings. The van der Waals surface area contributed by atoms with E-state index in [1.165, 1.54) is 0 Å². The van der Waals surface area contributed by atoms with Gasteiger partial charge < -0.3 is 5.73 Å². The van der Waals surface area contributed by atoms with Crippen molar-refractivity contribution < 1.29 is 4.79 Å². The van der Waals surface area contributed by atoms with Crippen LogP contribution < -0.4 is 11.1 Å². The molecule has 0 aromatic rings. The van der Waals surface area contributed by atoms with Crippen molar-refractivity contribution in [3.63, 3.8) is 0 Å². The predicted molar refractivity (Wildman–Crippen MR) is 59.5 cm³/mol. The smallest absolute Gasteiger partial charge is 0.237 e. The van der Waals surface area contributed by atoms with Gasteiger partial charge in [0.05, 0.1) is 11.4 Å². The van der Waals surface area contributed by atoms with Gasteiger partial charge in [-0.1, -0.05) is 34.4 Å². The number of hydrogen-bond donors (Lipinski definition) is 2. The highest BCUT2D eigenvalue weighted by Crippen LogP contribution is 2.30. The molecule has 5 heteroatoms. The molecular formula is C8H16N2OS2. The molecule has 0 unspecified atom stereocenters.